The van der Waals surface area contributed by atoms with Crippen LogP contribution in [0.15, 0.2) is 48.5 Å². The van der Waals surface area contributed by atoms with Crippen molar-refractivity contribution >= 4 is 11.9 Å². The number of carboxylic acid groups (broad SMARTS) is 1. The Morgan fingerprint density at radius 2 is 1.74 bits per heavy atom. The van der Waals surface area contributed by atoms with Crippen molar-refractivity contribution in [3.63, 3.8) is 0 Å². The maximum Gasteiger partial charge on any atom is 0.305 e. The minimum Gasteiger partial charge on any atom is -0.496 e. The SMILES string of the molecule is COc1cccc(OC)c1-c1cc(C(=O)N[C@@H](CC(=O)O)CC(C)C)nn1-c1cccc(F)c1. The number of ether oxygens (including phenoxy) is 2. The molecular weight excluding hydrogens is 441 g/mol. The van der Waals surface area contributed by atoms with E-state index in [2.05, 4.69) is 10.4 Å². The molecule has 0 radical (unpaired) electrons. The molecule has 3 rings (SSSR count). The van der Waals surface area contributed by atoms with Crippen molar-refractivity contribution in [3.8, 4) is 28.4 Å². The molecule has 34 heavy (non-hydrogen) atoms. The van der Waals surface area contributed by atoms with E-state index >= 15 is 0 Å². The molecule has 0 fully saturated rings. The van der Waals surface area contributed by atoms with Gasteiger partial charge in [-0.2, -0.15) is 5.10 Å². The van der Waals surface area contributed by atoms with Gasteiger partial charge in [-0.1, -0.05) is 26.0 Å². The van der Waals surface area contributed by atoms with Gasteiger partial charge in [0.25, 0.3) is 5.91 Å². The fourth-order valence-corrected chi connectivity index (χ4v) is 3.81. The highest BCUT2D eigenvalue weighted by molar-refractivity contribution is 5.94. The highest BCUT2D eigenvalue weighted by Gasteiger charge is 2.24. The Bertz CT molecular complexity index is 1150. The molecule has 1 aromatic heterocycles. The van der Waals surface area contributed by atoms with Crippen molar-refractivity contribution in [1.82, 2.24) is 15.1 Å². The van der Waals surface area contributed by atoms with Crippen LogP contribution in [0.5, 0.6) is 11.5 Å². The van der Waals surface area contributed by atoms with Crippen LogP contribution >= 0.6 is 0 Å². The first-order chi connectivity index (χ1) is 16.2. The standard InChI is InChI=1S/C25H28FN3O5/c1-15(2)11-17(13-23(30)31)27-25(32)19-14-20(24-21(33-3)9-6-10-22(24)34-4)29(28-19)18-8-5-7-16(26)12-18/h5-10,12,14-15,17H,11,13H2,1-4H3,(H,27,32)(H,30,31)/t17-/m1/s1. The van der Waals surface area contributed by atoms with Crippen molar-refractivity contribution in [2.75, 3.05) is 14.2 Å². The summed E-state index contributed by atoms with van der Waals surface area (Å²) < 4.78 is 26.5. The Kier molecular flexibility index (Phi) is 7.88. The van der Waals surface area contributed by atoms with Gasteiger partial charge in [0.2, 0.25) is 0 Å². The van der Waals surface area contributed by atoms with E-state index in [1.807, 2.05) is 13.8 Å². The number of carbonyl (C=O) groups is 2. The molecule has 0 aliphatic rings. The average molecular weight is 470 g/mol. The second-order valence-corrected chi connectivity index (χ2v) is 8.24. The van der Waals surface area contributed by atoms with Gasteiger partial charge in [-0.15, -0.1) is 0 Å². The highest BCUT2D eigenvalue weighted by Crippen LogP contribution is 2.39. The predicted octanol–water partition coefficient (Wildman–Crippen LogP) is 4.31. The number of halogens is 1. The Hall–Kier alpha value is -3.88. The quantitative estimate of drug-likeness (QED) is 0.459. The number of aliphatic carboxylic acids is 1. The molecular formula is C25H28FN3O5. The number of nitrogens with one attached hydrogen (secondary N) is 1. The first kappa shape index (κ1) is 24.8. The summed E-state index contributed by atoms with van der Waals surface area (Å²) in [5, 5.41) is 16.4. The topological polar surface area (TPSA) is 103 Å². The molecule has 1 atom stereocenters. The molecule has 9 heteroatoms. The first-order valence-electron chi connectivity index (χ1n) is 10.8. The second kappa shape index (κ2) is 10.8. The molecule has 0 spiro atoms. The zero-order valence-corrected chi connectivity index (χ0v) is 19.5. The van der Waals surface area contributed by atoms with Gasteiger partial charge < -0.3 is 19.9 Å². The van der Waals surface area contributed by atoms with E-state index in [1.54, 1.807) is 36.4 Å². The zero-order valence-electron chi connectivity index (χ0n) is 19.5. The fourth-order valence-electron chi connectivity index (χ4n) is 3.81. The molecule has 1 amide bonds. The third-order valence-corrected chi connectivity index (χ3v) is 5.19. The molecule has 0 aliphatic heterocycles. The van der Waals surface area contributed by atoms with Crippen molar-refractivity contribution < 1.29 is 28.6 Å². The number of rotatable bonds is 10. The van der Waals surface area contributed by atoms with Crippen LogP contribution in [0, 0.1) is 11.7 Å². The summed E-state index contributed by atoms with van der Waals surface area (Å²) in [6, 6.07) is 12.1. The molecule has 0 saturated carbocycles. The van der Waals surface area contributed by atoms with Crippen LogP contribution in [0.3, 0.4) is 0 Å². The molecule has 1 heterocycles. The van der Waals surface area contributed by atoms with Crippen molar-refractivity contribution in [2.24, 2.45) is 5.92 Å². The lowest BCUT2D eigenvalue weighted by molar-refractivity contribution is -0.137. The Morgan fingerprint density at radius 3 is 2.29 bits per heavy atom. The van der Waals surface area contributed by atoms with Crippen LogP contribution in [0.1, 0.15) is 37.2 Å². The van der Waals surface area contributed by atoms with Crippen LogP contribution in [-0.4, -0.2) is 47.0 Å². The van der Waals surface area contributed by atoms with E-state index in [0.29, 0.717) is 34.9 Å². The van der Waals surface area contributed by atoms with Gasteiger partial charge in [-0.25, -0.2) is 9.07 Å². The maximum atomic E-state index is 14.0. The highest BCUT2D eigenvalue weighted by atomic mass is 19.1. The fraction of sp³-hybridized carbons (Fsp3) is 0.320. The predicted molar refractivity (Wildman–Crippen MR) is 125 cm³/mol. The maximum absolute atomic E-state index is 14.0. The molecule has 0 aliphatic carbocycles. The van der Waals surface area contributed by atoms with Crippen LogP contribution in [0.4, 0.5) is 4.39 Å². The van der Waals surface area contributed by atoms with Gasteiger partial charge in [0.1, 0.15) is 17.3 Å². The summed E-state index contributed by atoms with van der Waals surface area (Å²) in [5.74, 6) is -0.856. The molecule has 8 nitrogen and oxygen atoms in total. The molecule has 180 valence electrons. The normalized spacial score (nSPS) is 11.8. The molecule has 0 unspecified atom stereocenters. The lowest BCUT2D eigenvalue weighted by atomic mass is 10.0. The number of benzene rings is 2. The lowest BCUT2D eigenvalue weighted by Gasteiger charge is -2.18. The number of amides is 1. The summed E-state index contributed by atoms with van der Waals surface area (Å²) in [5.41, 5.74) is 1.42. The van der Waals surface area contributed by atoms with Crippen molar-refractivity contribution in [1.29, 1.82) is 0 Å². The van der Waals surface area contributed by atoms with Gasteiger partial charge in [0, 0.05) is 6.04 Å². The molecule has 0 saturated heterocycles. The molecule has 2 aromatic carbocycles. The van der Waals surface area contributed by atoms with Crippen LogP contribution in [-0.2, 0) is 4.79 Å². The molecule has 0 bridgehead atoms. The van der Waals surface area contributed by atoms with E-state index in [-0.39, 0.29) is 18.0 Å². The van der Waals surface area contributed by atoms with Gasteiger partial charge in [-0.3, -0.25) is 9.59 Å². The van der Waals surface area contributed by atoms with E-state index in [0.717, 1.165) is 0 Å². The number of hydrogen-bond acceptors (Lipinski definition) is 5. The number of carboxylic acids is 1. The third kappa shape index (κ3) is 5.72. The summed E-state index contributed by atoms with van der Waals surface area (Å²) >= 11 is 0. The number of nitrogens with zero attached hydrogens (tertiary/aromatic N) is 2. The summed E-state index contributed by atoms with van der Waals surface area (Å²) in [6.07, 6.45) is 0.289. The van der Waals surface area contributed by atoms with Gasteiger partial charge >= 0.3 is 5.97 Å². The number of hydrogen-bond donors (Lipinski definition) is 2. The summed E-state index contributed by atoms with van der Waals surface area (Å²) in [4.78, 5) is 24.4. The van der Waals surface area contributed by atoms with Crippen LogP contribution < -0.4 is 14.8 Å². The minimum atomic E-state index is -1.00. The Morgan fingerprint density at radius 1 is 1.09 bits per heavy atom. The van der Waals surface area contributed by atoms with Gasteiger partial charge in [0.05, 0.1) is 37.6 Å². The number of carbonyl (C=O) groups excluding carboxylic acids is 1. The van der Waals surface area contributed by atoms with Crippen LogP contribution in [0.25, 0.3) is 16.9 Å². The zero-order chi connectivity index (χ0) is 24.8. The minimum absolute atomic E-state index is 0.0476. The second-order valence-electron chi connectivity index (χ2n) is 8.24. The van der Waals surface area contributed by atoms with Gasteiger partial charge in [-0.05, 0) is 48.7 Å². The van der Waals surface area contributed by atoms with E-state index in [9.17, 15) is 19.1 Å². The summed E-state index contributed by atoms with van der Waals surface area (Å²) in [7, 11) is 3.02. The monoisotopic (exact) mass is 469 g/mol. The number of aromatic nitrogens is 2. The van der Waals surface area contributed by atoms with Crippen molar-refractivity contribution in [3.05, 3.63) is 60.0 Å². The number of methoxy groups -OCH3 is 2. The Balaban J connectivity index is 2.12. The molecule has 2 N–H and O–H groups in total. The van der Waals surface area contributed by atoms with Gasteiger partial charge in [0.15, 0.2) is 5.69 Å². The lowest BCUT2D eigenvalue weighted by Crippen LogP contribution is -2.37. The average Bonchev–Trinajstić information content (AvgIpc) is 3.22. The smallest absolute Gasteiger partial charge is 0.305 e. The van der Waals surface area contributed by atoms with E-state index in [4.69, 9.17) is 9.47 Å². The van der Waals surface area contributed by atoms with Crippen LogP contribution in [0.2, 0.25) is 0 Å². The Labute approximate surface area is 197 Å². The van der Waals surface area contributed by atoms with E-state index in [1.165, 1.54) is 31.0 Å². The first-order valence-corrected chi connectivity index (χ1v) is 10.8. The van der Waals surface area contributed by atoms with Crippen molar-refractivity contribution in [2.45, 2.75) is 32.7 Å². The molecule has 3 aromatic rings. The van der Waals surface area contributed by atoms with E-state index < -0.39 is 23.7 Å². The third-order valence-electron chi connectivity index (χ3n) is 5.19. The summed E-state index contributed by atoms with van der Waals surface area (Å²) in [6.45, 7) is 3.90. The largest absolute Gasteiger partial charge is 0.496 e.